The molecule has 2 unspecified atom stereocenters. The summed E-state index contributed by atoms with van der Waals surface area (Å²) in [6, 6.07) is 7.77. The van der Waals surface area contributed by atoms with E-state index in [2.05, 4.69) is 0 Å². The van der Waals surface area contributed by atoms with Crippen LogP contribution in [0.15, 0.2) is 24.3 Å². The van der Waals surface area contributed by atoms with Gasteiger partial charge in [0.1, 0.15) is 0 Å². The highest BCUT2D eigenvalue weighted by atomic mass is 16.5. The Morgan fingerprint density at radius 2 is 2.27 bits per heavy atom. The third kappa shape index (κ3) is 2.26. The van der Waals surface area contributed by atoms with Crippen molar-refractivity contribution < 1.29 is 9.53 Å². The van der Waals surface area contributed by atoms with Crippen molar-refractivity contribution in [2.75, 3.05) is 6.61 Å². The maximum Gasteiger partial charge on any atom is 0.168 e. The number of Topliss-reactive ketones (excluding diaryl/α,β-unsaturated/α-hetero) is 1. The predicted molar refractivity (Wildman–Crippen MR) is 59.0 cm³/mol. The Kier molecular flexibility index (Phi) is 2.87. The first-order chi connectivity index (χ1) is 7.16. The SMILES string of the molecule is Cc1cccc(C(=O)C2COC(C)C2)c1. The lowest BCUT2D eigenvalue weighted by molar-refractivity contribution is 0.0877. The van der Waals surface area contributed by atoms with Gasteiger partial charge in [0.05, 0.1) is 12.7 Å². The number of carbonyl (C=O) groups is 1. The molecule has 2 heteroatoms. The maximum absolute atomic E-state index is 12.1. The summed E-state index contributed by atoms with van der Waals surface area (Å²) >= 11 is 0. The van der Waals surface area contributed by atoms with Crippen LogP contribution in [0.2, 0.25) is 0 Å². The fraction of sp³-hybridized carbons (Fsp3) is 0.462. The lowest BCUT2D eigenvalue weighted by Gasteiger charge is -2.06. The summed E-state index contributed by atoms with van der Waals surface area (Å²) in [6.45, 7) is 4.60. The topological polar surface area (TPSA) is 26.3 Å². The highest BCUT2D eigenvalue weighted by Gasteiger charge is 2.28. The molecule has 0 bridgehead atoms. The summed E-state index contributed by atoms with van der Waals surface area (Å²) in [5.41, 5.74) is 1.95. The van der Waals surface area contributed by atoms with E-state index in [1.54, 1.807) is 0 Å². The molecule has 0 N–H and O–H groups in total. The zero-order valence-corrected chi connectivity index (χ0v) is 9.19. The van der Waals surface area contributed by atoms with Gasteiger partial charge in [0.2, 0.25) is 0 Å². The molecule has 0 spiro atoms. The van der Waals surface area contributed by atoms with E-state index in [9.17, 15) is 4.79 Å². The molecule has 1 aliphatic rings. The van der Waals surface area contributed by atoms with Gasteiger partial charge in [0.25, 0.3) is 0 Å². The van der Waals surface area contributed by atoms with Gasteiger partial charge in [-0.2, -0.15) is 0 Å². The molecule has 0 saturated carbocycles. The zero-order chi connectivity index (χ0) is 10.8. The van der Waals surface area contributed by atoms with E-state index in [1.807, 2.05) is 38.1 Å². The minimum atomic E-state index is 0.0572. The van der Waals surface area contributed by atoms with E-state index in [-0.39, 0.29) is 17.8 Å². The molecule has 2 atom stereocenters. The largest absolute Gasteiger partial charge is 0.378 e. The number of rotatable bonds is 2. The Labute approximate surface area is 90.3 Å². The van der Waals surface area contributed by atoms with Crippen molar-refractivity contribution in [3.8, 4) is 0 Å². The summed E-state index contributed by atoms with van der Waals surface area (Å²) in [7, 11) is 0. The first-order valence-electron chi connectivity index (χ1n) is 5.39. The number of carbonyl (C=O) groups excluding carboxylic acids is 1. The van der Waals surface area contributed by atoms with Crippen molar-refractivity contribution in [3.05, 3.63) is 35.4 Å². The molecule has 0 aromatic heterocycles. The number of hydrogen-bond donors (Lipinski definition) is 0. The van der Waals surface area contributed by atoms with Crippen LogP contribution in [0.1, 0.15) is 29.3 Å². The summed E-state index contributed by atoms with van der Waals surface area (Å²) in [6.07, 6.45) is 1.08. The van der Waals surface area contributed by atoms with E-state index in [0.717, 1.165) is 17.5 Å². The van der Waals surface area contributed by atoms with Gasteiger partial charge < -0.3 is 4.74 Å². The molecule has 0 radical (unpaired) electrons. The first kappa shape index (κ1) is 10.4. The molecule has 2 rings (SSSR count). The summed E-state index contributed by atoms with van der Waals surface area (Å²) in [5, 5.41) is 0. The molecule has 1 aromatic carbocycles. The van der Waals surface area contributed by atoms with E-state index < -0.39 is 0 Å². The molecule has 0 aliphatic carbocycles. The summed E-state index contributed by atoms with van der Waals surface area (Å²) < 4.78 is 5.42. The molecule has 15 heavy (non-hydrogen) atoms. The van der Waals surface area contributed by atoms with Crippen molar-refractivity contribution in [2.45, 2.75) is 26.4 Å². The zero-order valence-electron chi connectivity index (χ0n) is 9.19. The molecule has 1 heterocycles. The van der Waals surface area contributed by atoms with Crippen LogP contribution in [-0.2, 0) is 4.74 Å². The third-order valence-electron chi connectivity index (χ3n) is 2.87. The lowest BCUT2D eigenvalue weighted by atomic mass is 9.95. The summed E-state index contributed by atoms with van der Waals surface area (Å²) in [4.78, 5) is 12.1. The van der Waals surface area contributed by atoms with Crippen molar-refractivity contribution in [3.63, 3.8) is 0 Å². The molecule has 2 nitrogen and oxygen atoms in total. The first-order valence-corrected chi connectivity index (χ1v) is 5.39. The molecule has 80 valence electrons. The van der Waals surface area contributed by atoms with Crippen LogP contribution in [0.5, 0.6) is 0 Å². The predicted octanol–water partition coefficient (Wildman–Crippen LogP) is 2.60. The van der Waals surface area contributed by atoms with Crippen LogP contribution in [0.4, 0.5) is 0 Å². The van der Waals surface area contributed by atoms with Crippen LogP contribution in [0.25, 0.3) is 0 Å². The number of hydrogen-bond acceptors (Lipinski definition) is 2. The normalized spacial score (nSPS) is 25.5. The smallest absolute Gasteiger partial charge is 0.168 e. The van der Waals surface area contributed by atoms with Crippen LogP contribution < -0.4 is 0 Å². The molecule has 1 saturated heterocycles. The Morgan fingerprint density at radius 1 is 1.47 bits per heavy atom. The Hall–Kier alpha value is -1.15. The van der Waals surface area contributed by atoms with Gasteiger partial charge in [-0.05, 0) is 26.3 Å². The van der Waals surface area contributed by atoms with E-state index in [4.69, 9.17) is 4.74 Å². The number of ether oxygens (including phenoxy) is 1. The highest BCUT2D eigenvalue weighted by molar-refractivity contribution is 5.98. The highest BCUT2D eigenvalue weighted by Crippen LogP contribution is 2.23. The fourth-order valence-electron chi connectivity index (χ4n) is 2.03. The second-order valence-electron chi connectivity index (χ2n) is 4.31. The molecular weight excluding hydrogens is 188 g/mol. The number of ketones is 1. The quantitative estimate of drug-likeness (QED) is 0.692. The minimum absolute atomic E-state index is 0.0572. The summed E-state index contributed by atoms with van der Waals surface area (Å²) in [5.74, 6) is 0.282. The molecule has 0 amide bonds. The number of benzene rings is 1. The van der Waals surface area contributed by atoms with E-state index in [1.165, 1.54) is 0 Å². The average Bonchev–Trinajstić information content (AvgIpc) is 2.64. The van der Waals surface area contributed by atoms with Crippen LogP contribution in [-0.4, -0.2) is 18.5 Å². The van der Waals surface area contributed by atoms with E-state index >= 15 is 0 Å². The van der Waals surface area contributed by atoms with Crippen LogP contribution >= 0.6 is 0 Å². The maximum atomic E-state index is 12.1. The Balaban J connectivity index is 2.14. The van der Waals surface area contributed by atoms with E-state index in [0.29, 0.717) is 6.61 Å². The molecule has 1 fully saturated rings. The monoisotopic (exact) mass is 204 g/mol. The van der Waals surface area contributed by atoms with Gasteiger partial charge in [0, 0.05) is 11.5 Å². The number of aryl methyl sites for hydroxylation is 1. The van der Waals surface area contributed by atoms with Gasteiger partial charge in [-0.1, -0.05) is 23.8 Å². The van der Waals surface area contributed by atoms with Crippen LogP contribution in [0, 0.1) is 12.8 Å². The van der Waals surface area contributed by atoms with Gasteiger partial charge >= 0.3 is 0 Å². The standard InChI is InChI=1S/C13H16O2/c1-9-4-3-5-11(6-9)13(14)12-7-10(2)15-8-12/h3-6,10,12H,7-8H2,1-2H3. The second kappa shape index (κ2) is 4.15. The molecule has 1 aliphatic heterocycles. The van der Waals surface area contributed by atoms with Gasteiger partial charge in [0.15, 0.2) is 5.78 Å². The van der Waals surface area contributed by atoms with Crippen molar-refractivity contribution in [1.82, 2.24) is 0 Å². The van der Waals surface area contributed by atoms with Crippen molar-refractivity contribution in [1.29, 1.82) is 0 Å². The second-order valence-corrected chi connectivity index (χ2v) is 4.31. The van der Waals surface area contributed by atoms with Crippen LogP contribution in [0.3, 0.4) is 0 Å². The Morgan fingerprint density at radius 3 is 2.87 bits per heavy atom. The van der Waals surface area contributed by atoms with Crippen molar-refractivity contribution >= 4 is 5.78 Å². The lowest BCUT2D eigenvalue weighted by Crippen LogP contribution is -2.14. The minimum Gasteiger partial charge on any atom is -0.378 e. The molecule has 1 aromatic rings. The van der Waals surface area contributed by atoms with Gasteiger partial charge in [-0.15, -0.1) is 0 Å². The van der Waals surface area contributed by atoms with Crippen molar-refractivity contribution in [2.24, 2.45) is 5.92 Å². The van der Waals surface area contributed by atoms with Gasteiger partial charge in [-0.3, -0.25) is 4.79 Å². The fourth-order valence-corrected chi connectivity index (χ4v) is 2.03. The van der Waals surface area contributed by atoms with Gasteiger partial charge in [-0.25, -0.2) is 0 Å². The third-order valence-corrected chi connectivity index (χ3v) is 2.87. The Bertz CT molecular complexity index is 371. The molecular formula is C13H16O2. The average molecular weight is 204 g/mol.